The SMILES string of the molecule is COc1cc2c(NCCN(C)C)nc(N3CCC(F)C3)nc2cc1C#CCCN1CCCC1. The van der Waals surface area contributed by atoms with E-state index in [1.54, 1.807) is 7.11 Å². The number of likely N-dealkylation sites (N-methyl/N-ethyl adjacent to an activating group) is 1. The molecular formula is C25H35FN6O. The van der Waals surface area contributed by atoms with Gasteiger partial charge in [-0.1, -0.05) is 11.8 Å². The van der Waals surface area contributed by atoms with Gasteiger partial charge < -0.3 is 24.8 Å². The minimum absolute atomic E-state index is 0.335. The lowest BCUT2D eigenvalue weighted by Gasteiger charge is -2.19. The van der Waals surface area contributed by atoms with Crippen LogP contribution in [0, 0.1) is 11.8 Å². The average Bonchev–Trinajstić information content (AvgIpc) is 3.47. The van der Waals surface area contributed by atoms with Crippen LogP contribution >= 0.6 is 0 Å². The molecule has 178 valence electrons. The number of rotatable bonds is 8. The van der Waals surface area contributed by atoms with Gasteiger partial charge in [-0.3, -0.25) is 0 Å². The number of alkyl halides is 1. The average molecular weight is 455 g/mol. The van der Waals surface area contributed by atoms with E-state index in [-0.39, 0.29) is 0 Å². The van der Waals surface area contributed by atoms with E-state index in [0.717, 1.165) is 48.3 Å². The summed E-state index contributed by atoms with van der Waals surface area (Å²) in [6, 6.07) is 3.94. The van der Waals surface area contributed by atoms with E-state index in [0.29, 0.717) is 31.2 Å². The van der Waals surface area contributed by atoms with Crippen LogP contribution < -0.4 is 15.0 Å². The Balaban J connectivity index is 1.63. The van der Waals surface area contributed by atoms with Gasteiger partial charge in [0.25, 0.3) is 0 Å². The predicted octanol–water partition coefficient (Wildman–Crippen LogP) is 3.00. The Bertz CT molecular complexity index is 1010. The van der Waals surface area contributed by atoms with E-state index in [2.05, 4.69) is 27.0 Å². The van der Waals surface area contributed by atoms with Crippen LogP contribution in [-0.4, -0.2) is 93.0 Å². The molecule has 1 unspecified atom stereocenters. The van der Waals surface area contributed by atoms with Crippen molar-refractivity contribution < 1.29 is 9.13 Å². The first-order valence-corrected chi connectivity index (χ1v) is 11.9. The first-order chi connectivity index (χ1) is 16.0. The van der Waals surface area contributed by atoms with Crippen LogP contribution in [0.15, 0.2) is 12.1 Å². The Kier molecular flexibility index (Phi) is 7.84. The van der Waals surface area contributed by atoms with Gasteiger partial charge in [-0.2, -0.15) is 4.98 Å². The zero-order valence-electron chi connectivity index (χ0n) is 20.0. The summed E-state index contributed by atoms with van der Waals surface area (Å²) in [5, 5.41) is 4.32. The fourth-order valence-corrected chi connectivity index (χ4v) is 4.36. The van der Waals surface area contributed by atoms with Gasteiger partial charge in [0.05, 0.1) is 24.7 Å². The number of halogens is 1. The summed E-state index contributed by atoms with van der Waals surface area (Å²) in [6.45, 7) is 5.94. The number of nitrogens with one attached hydrogen (secondary N) is 1. The molecule has 0 saturated carbocycles. The monoisotopic (exact) mass is 454 g/mol. The molecular weight excluding hydrogens is 419 g/mol. The molecule has 1 atom stereocenters. The number of anilines is 2. The van der Waals surface area contributed by atoms with E-state index in [1.807, 2.05) is 31.1 Å². The molecule has 0 spiro atoms. The van der Waals surface area contributed by atoms with Crippen molar-refractivity contribution in [1.82, 2.24) is 19.8 Å². The summed E-state index contributed by atoms with van der Waals surface area (Å²) in [5.41, 5.74) is 1.61. The molecule has 7 nitrogen and oxygen atoms in total. The number of ether oxygens (including phenoxy) is 1. The van der Waals surface area contributed by atoms with Crippen LogP contribution in [0.25, 0.3) is 10.9 Å². The zero-order valence-corrected chi connectivity index (χ0v) is 20.0. The highest BCUT2D eigenvalue weighted by molar-refractivity contribution is 5.92. The molecule has 3 heterocycles. The van der Waals surface area contributed by atoms with Crippen molar-refractivity contribution in [2.45, 2.75) is 31.9 Å². The normalized spacial score (nSPS) is 18.7. The number of hydrogen-bond donors (Lipinski definition) is 1. The minimum Gasteiger partial charge on any atom is -0.495 e. The summed E-state index contributed by atoms with van der Waals surface area (Å²) < 4.78 is 19.5. The Morgan fingerprint density at radius 3 is 2.73 bits per heavy atom. The fourth-order valence-electron chi connectivity index (χ4n) is 4.36. The van der Waals surface area contributed by atoms with Crippen molar-refractivity contribution in [3.8, 4) is 17.6 Å². The van der Waals surface area contributed by atoms with Crippen molar-refractivity contribution >= 4 is 22.7 Å². The Morgan fingerprint density at radius 2 is 2.03 bits per heavy atom. The number of nitrogens with zero attached hydrogens (tertiary/aromatic N) is 5. The van der Waals surface area contributed by atoms with Gasteiger partial charge in [-0.15, -0.1) is 0 Å². The molecule has 1 aromatic heterocycles. The standard InChI is InChI=1S/C25H35FN6O/c1-30(2)15-10-27-24-21-17-23(33-3)19(8-4-5-11-31-12-6-7-13-31)16-22(21)28-25(29-24)32-14-9-20(26)18-32/h16-17,20H,5-7,9-15,18H2,1-3H3,(H,27,28,29). The molecule has 4 rings (SSSR count). The van der Waals surface area contributed by atoms with Crippen LogP contribution in [0.4, 0.5) is 16.2 Å². The van der Waals surface area contributed by atoms with Gasteiger partial charge in [-0.05, 0) is 58.6 Å². The maximum atomic E-state index is 13.9. The molecule has 2 aromatic rings. The highest BCUT2D eigenvalue weighted by atomic mass is 19.1. The second kappa shape index (κ2) is 11.0. The number of methoxy groups -OCH3 is 1. The fraction of sp³-hybridized carbons (Fsp3) is 0.600. The number of fused-ring (bicyclic) bond motifs is 1. The third kappa shape index (κ3) is 6.04. The zero-order chi connectivity index (χ0) is 23.2. The van der Waals surface area contributed by atoms with E-state index < -0.39 is 6.17 Å². The maximum Gasteiger partial charge on any atom is 0.227 e. The highest BCUT2D eigenvalue weighted by Gasteiger charge is 2.25. The second-order valence-electron chi connectivity index (χ2n) is 9.10. The van der Waals surface area contributed by atoms with Crippen LogP contribution in [0.2, 0.25) is 0 Å². The van der Waals surface area contributed by atoms with Crippen molar-refractivity contribution in [2.75, 3.05) is 77.2 Å². The van der Waals surface area contributed by atoms with Crippen LogP contribution in [0.3, 0.4) is 0 Å². The molecule has 8 heteroatoms. The topological polar surface area (TPSA) is 56.8 Å². The second-order valence-corrected chi connectivity index (χ2v) is 9.10. The number of aromatic nitrogens is 2. The van der Waals surface area contributed by atoms with Crippen LogP contribution in [0.5, 0.6) is 5.75 Å². The minimum atomic E-state index is -0.831. The van der Waals surface area contributed by atoms with E-state index >= 15 is 0 Å². The molecule has 2 saturated heterocycles. The molecule has 2 aliphatic heterocycles. The van der Waals surface area contributed by atoms with Crippen molar-refractivity contribution in [3.05, 3.63) is 17.7 Å². The molecule has 0 aliphatic carbocycles. The molecule has 1 aromatic carbocycles. The summed E-state index contributed by atoms with van der Waals surface area (Å²) in [5.74, 6) is 8.62. The molecule has 0 radical (unpaired) electrons. The molecule has 2 fully saturated rings. The summed E-state index contributed by atoms with van der Waals surface area (Å²) >= 11 is 0. The Labute approximate surface area is 196 Å². The Hall–Kier alpha value is -2.63. The number of likely N-dealkylation sites (tertiary alicyclic amines) is 1. The van der Waals surface area contributed by atoms with Gasteiger partial charge in [0.1, 0.15) is 17.7 Å². The first kappa shape index (κ1) is 23.5. The number of benzene rings is 1. The van der Waals surface area contributed by atoms with E-state index in [4.69, 9.17) is 14.7 Å². The molecule has 0 amide bonds. The third-order valence-electron chi connectivity index (χ3n) is 6.25. The van der Waals surface area contributed by atoms with Crippen molar-refractivity contribution in [1.29, 1.82) is 0 Å². The number of hydrogen-bond acceptors (Lipinski definition) is 7. The molecule has 0 bridgehead atoms. The largest absolute Gasteiger partial charge is 0.495 e. The highest BCUT2D eigenvalue weighted by Crippen LogP contribution is 2.31. The van der Waals surface area contributed by atoms with Gasteiger partial charge in [0.15, 0.2) is 0 Å². The summed E-state index contributed by atoms with van der Waals surface area (Å²) in [6.07, 6.45) is 3.10. The van der Waals surface area contributed by atoms with Crippen LogP contribution in [0.1, 0.15) is 31.2 Å². The Morgan fingerprint density at radius 1 is 1.21 bits per heavy atom. The molecule has 33 heavy (non-hydrogen) atoms. The quantitative estimate of drug-likeness (QED) is 0.616. The van der Waals surface area contributed by atoms with Gasteiger partial charge in [-0.25, -0.2) is 9.37 Å². The lowest BCUT2D eigenvalue weighted by molar-refractivity contribution is 0.348. The van der Waals surface area contributed by atoms with Crippen LogP contribution in [-0.2, 0) is 0 Å². The first-order valence-electron chi connectivity index (χ1n) is 11.9. The van der Waals surface area contributed by atoms with E-state index in [9.17, 15) is 4.39 Å². The third-order valence-corrected chi connectivity index (χ3v) is 6.25. The summed E-state index contributed by atoms with van der Waals surface area (Å²) in [4.78, 5) is 16.0. The summed E-state index contributed by atoms with van der Waals surface area (Å²) in [7, 11) is 5.74. The lowest BCUT2D eigenvalue weighted by atomic mass is 10.1. The molecule has 2 aliphatic rings. The van der Waals surface area contributed by atoms with E-state index in [1.165, 1.54) is 25.9 Å². The maximum absolute atomic E-state index is 13.9. The smallest absolute Gasteiger partial charge is 0.227 e. The predicted molar refractivity (Wildman–Crippen MR) is 132 cm³/mol. The van der Waals surface area contributed by atoms with Crippen molar-refractivity contribution in [3.63, 3.8) is 0 Å². The lowest BCUT2D eigenvalue weighted by Crippen LogP contribution is -2.24. The molecule has 1 N–H and O–H groups in total. The van der Waals surface area contributed by atoms with Gasteiger partial charge in [0, 0.05) is 38.0 Å². The van der Waals surface area contributed by atoms with Gasteiger partial charge in [0.2, 0.25) is 5.95 Å². The van der Waals surface area contributed by atoms with Gasteiger partial charge >= 0.3 is 0 Å². The van der Waals surface area contributed by atoms with Crippen molar-refractivity contribution in [2.24, 2.45) is 0 Å².